The van der Waals surface area contributed by atoms with E-state index in [-0.39, 0.29) is 5.91 Å². The topological polar surface area (TPSA) is 45.2 Å². The molecule has 0 spiro atoms. The third-order valence-corrected chi connectivity index (χ3v) is 5.70. The first-order valence-corrected chi connectivity index (χ1v) is 9.57. The molecule has 1 N–H and O–H groups in total. The maximum absolute atomic E-state index is 12.6. The van der Waals surface area contributed by atoms with Gasteiger partial charge in [-0.2, -0.15) is 0 Å². The minimum Gasteiger partial charge on any atom is -0.337 e. The lowest BCUT2D eigenvalue weighted by atomic mass is 9.97. The number of likely N-dealkylation sites (tertiary alicyclic amines) is 1. The molecular weight excluding hydrogens is 365 g/mol. The highest BCUT2D eigenvalue weighted by atomic mass is 35.5. The number of thiazole rings is 1. The molecule has 0 aliphatic carbocycles. The first-order valence-electron chi connectivity index (χ1n) is 7.93. The Morgan fingerprint density at radius 1 is 1.38 bits per heavy atom. The second-order valence-electron chi connectivity index (χ2n) is 5.96. The molecule has 128 valence electrons. The van der Waals surface area contributed by atoms with Gasteiger partial charge in [-0.05, 0) is 50.6 Å². The number of amides is 1. The van der Waals surface area contributed by atoms with Crippen molar-refractivity contribution in [3.63, 3.8) is 0 Å². The van der Waals surface area contributed by atoms with Crippen LogP contribution in [0.5, 0.6) is 0 Å². The Hall–Kier alpha value is -1.14. The summed E-state index contributed by atoms with van der Waals surface area (Å²) in [4.78, 5) is 19.0. The molecule has 3 rings (SSSR count). The van der Waals surface area contributed by atoms with Crippen molar-refractivity contribution in [2.45, 2.75) is 12.8 Å². The molecule has 1 aromatic carbocycles. The minimum absolute atomic E-state index is 0.00509. The van der Waals surface area contributed by atoms with Gasteiger partial charge < -0.3 is 10.2 Å². The summed E-state index contributed by atoms with van der Waals surface area (Å²) in [5.41, 5.74) is 1.30. The number of hydrogen-bond donors (Lipinski definition) is 1. The van der Waals surface area contributed by atoms with Crippen molar-refractivity contribution in [3.8, 4) is 10.6 Å². The van der Waals surface area contributed by atoms with E-state index in [0.29, 0.717) is 21.7 Å². The Morgan fingerprint density at radius 2 is 2.12 bits per heavy atom. The van der Waals surface area contributed by atoms with Crippen molar-refractivity contribution in [1.29, 1.82) is 0 Å². The monoisotopic (exact) mass is 383 g/mol. The molecule has 1 aliphatic heterocycles. The summed E-state index contributed by atoms with van der Waals surface area (Å²) in [5, 5.41) is 6.89. The van der Waals surface area contributed by atoms with Crippen molar-refractivity contribution >= 4 is 40.4 Å². The van der Waals surface area contributed by atoms with Crippen molar-refractivity contribution in [2.24, 2.45) is 5.92 Å². The zero-order valence-electron chi connectivity index (χ0n) is 13.4. The van der Waals surface area contributed by atoms with Gasteiger partial charge in [0.1, 0.15) is 10.7 Å². The average molecular weight is 384 g/mol. The van der Waals surface area contributed by atoms with E-state index < -0.39 is 0 Å². The van der Waals surface area contributed by atoms with Crippen LogP contribution >= 0.6 is 34.5 Å². The zero-order valence-corrected chi connectivity index (χ0v) is 15.7. The summed E-state index contributed by atoms with van der Waals surface area (Å²) >= 11 is 13.6. The van der Waals surface area contributed by atoms with Gasteiger partial charge in [-0.3, -0.25) is 4.79 Å². The van der Waals surface area contributed by atoms with Crippen LogP contribution < -0.4 is 5.32 Å². The van der Waals surface area contributed by atoms with Crippen LogP contribution in [0.25, 0.3) is 10.6 Å². The summed E-state index contributed by atoms with van der Waals surface area (Å²) in [6.07, 6.45) is 2.07. The zero-order chi connectivity index (χ0) is 17.1. The second-order valence-corrected chi connectivity index (χ2v) is 7.66. The van der Waals surface area contributed by atoms with Gasteiger partial charge in [0.25, 0.3) is 5.91 Å². The molecule has 2 aromatic rings. The summed E-state index contributed by atoms with van der Waals surface area (Å²) in [7, 11) is 1.97. The Morgan fingerprint density at radius 3 is 2.79 bits per heavy atom. The van der Waals surface area contributed by atoms with Gasteiger partial charge in [-0.1, -0.05) is 23.2 Å². The van der Waals surface area contributed by atoms with Gasteiger partial charge in [-0.25, -0.2) is 4.98 Å². The van der Waals surface area contributed by atoms with Crippen molar-refractivity contribution in [3.05, 3.63) is 39.3 Å². The van der Waals surface area contributed by atoms with E-state index in [9.17, 15) is 4.79 Å². The third kappa shape index (κ3) is 3.91. The molecule has 1 saturated heterocycles. The van der Waals surface area contributed by atoms with Crippen LogP contribution in [-0.2, 0) is 0 Å². The van der Waals surface area contributed by atoms with Crippen LogP contribution in [0.4, 0.5) is 0 Å². The number of halogens is 2. The number of nitrogens with one attached hydrogen (secondary N) is 1. The van der Waals surface area contributed by atoms with E-state index in [1.165, 1.54) is 11.3 Å². The predicted octanol–water partition coefficient (Wildman–Crippen LogP) is 4.19. The quantitative estimate of drug-likeness (QED) is 0.860. The van der Waals surface area contributed by atoms with Crippen LogP contribution in [0.3, 0.4) is 0 Å². The Bertz CT molecular complexity index is 726. The van der Waals surface area contributed by atoms with Crippen molar-refractivity contribution in [2.75, 3.05) is 26.7 Å². The highest BCUT2D eigenvalue weighted by Gasteiger charge is 2.25. The molecule has 1 amide bonds. The molecular formula is C17H19Cl2N3OS. The standard InChI is InChI=1S/C17H19Cl2N3OS/c1-20-9-11-4-6-22(7-5-11)17(23)15-10-24-16(21-15)13-3-2-12(18)8-14(13)19/h2-3,8,10-11,20H,4-7,9H2,1H3. The molecule has 24 heavy (non-hydrogen) atoms. The molecule has 0 unspecified atom stereocenters. The fourth-order valence-electron chi connectivity index (χ4n) is 2.95. The van der Waals surface area contributed by atoms with Crippen LogP contribution in [0.1, 0.15) is 23.3 Å². The summed E-state index contributed by atoms with van der Waals surface area (Å²) < 4.78 is 0. The molecule has 0 radical (unpaired) electrons. The van der Waals surface area contributed by atoms with Gasteiger partial charge >= 0.3 is 0 Å². The number of piperidine rings is 1. The maximum Gasteiger partial charge on any atom is 0.273 e. The Labute approximate surface area is 155 Å². The van der Waals surface area contributed by atoms with Crippen LogP contribution in [0.15, 0.2) is 23.6 Å². The minimum atomic E-state index is 0.00509. The molecule has 2 heterocycles. The summed E-state index contributed by atoms with van der Waals surface area (Å²) in [6.45, 7) is 2.59. The van der Waals surface area contributed by atoms with Crippen molar-refractivity contribution < 1.29 is 4.79 Å². The SMILES string of the molecule is CNCC1CCN(C(=O)c2csc(-c3ccc(Cl)cc3Cl)n2)CC1. The van der Waals surface area contributed by atoms with Crippen LogP contribution in [-0.4, -0.2) is 42.5 Å². The second kappa shape index (κ2) is 7.83. The molecule has 4 nitrogen and oxygen atoms in total. The van der Waals surface area contributed by atoms with Gasteiger partial charge in [0, 0.05) is 29.1 Å². The number of carbonyl (C=O) groups is 1. The lowest BCUT2D eigenvalue weighted by molar-refractivity contribution is 0.0686. The van der Waals surface area contributed by atoms with E-state index in [0.717, 1.165) is 43.0 Å². The fraction of sp³-hybridized carbons (Fsp3) is 0.412. The summed E-state index contributed by atoms with van der Waals surface area (Å²) in [6, 6.07) is 5.30. The molecule has 0 atom stereocenters. The highest BCUT2D eigenvalue weighted by Crippen LogP contribution is 2.32. The van der Waals surface area contributed by atoms with Crippen LogP contribution in [0, 0.1) is 5.92 Å². The number of rotatable bonds is 4. The number of aromatic nitrogens is 1. The number of carbonyl (C=O) groups excluding carboxylic acids is 1. The third-order valence-electron chi connectivity index (χ3n) is 4.28. The molecule has 1 aromatic heterocycles. The predicted molar refractivity (Wildman–Crippen MR) is 100 cm³/mol. The Balaban J connectivity index is 1.70. The first kappa shape index (κ1) is 17.7. The molecule has 0 bridgehead atoms. The maximum atomic E-state index is 12.6. The van der Waals surface area contributed by atoms with E-state index in [1.807, 2.05) is 23.4 Å². The number of hydrogen-bond acceptors (Lipinski definition) is 4. The fourth-order valence-corrected chi connectivity index (χ4v) is 4.34. The first-order chi connectivity index (χ1) is 11.6. The Kier molecular flexibility index (Phi) is 5.76. The van der Waals surface area contributed by atoms with Crippen molar-refractivity contribution in [1.82, 2.24) is 15.2 Å². The molecule has 7 heteroatoms. The van der Waals surface area contributed by atoms with E-state index in [4.69, 9.17) is 23.2 Å². The van der Waals surface area contributed by atoms with E-state index in [2.05, 4.69) is 10.3 Å². The largest absolute Gasteiger partial charge is 0.337 e. The summed E-state index contributed by atoms with van der Waals surface area (Å²) in [5.74, 6) is 0.656. The van der Waals surface area contributed by atoms with E-state index in [1.54, 1.807) is 12.1 Å². The van der Waals surface area contributed by atoms with Gasteiger partial charge in [0.15, 0.2) is 0 Å². The van der Waals surface area contributed by atoms with E-state index >= 15 is 0 Å². The smallest absolute Gasteiger partial charge is 0.273 e. The highest BCUT2D eigenvalue weighted by molar-refractivity contribution is 7.13. The lowest BCUT2D eigenvalue weighted by Gasteiger charge is -2.31. The molecule has 0 saturated carbocycles. The molecule has 1 fully saturated rings. The van der Waals surface area contributed by atoms with Gasteiger partial charge in [0.05, 0.1) is 5.02 Å². The lowest BCUT2D eigenvalue weighted by Crippen LogP contribution is -2.40. The molecule has 1 aliphatic rings. The van der Waals surface area contributed by atoms with Crippen LogP contribution in [0.2, 0.25) is 10.0 Å². The number of nitrogens with zero attached hydrogens (tertiary/aromatic N) is 2. The average Bonchev–Trinajstić information content (AvgIpc) is 3.05. The van der Waals surface area contributed by atoms with Gasteiger partial charge in [0.2, 0.25) is 0 Å². The number of benzene rings is 1. The normalized spacial score (nSPS) is 15.7. The van der Waals surface area contributed by atoms with Gasteiger partial charge in [-0.15, -0.1) is 11.3 Å².